The maximum atomic E-state index is 14.5. The molecule has 0 unspecified atom stereocenters. The van der Waals surface area contributed by atoms with Gasteiger partial charge >= 0.3 is 11.9 Å². The molecule has 0 heterocycles. The van der Waals surface area contributed by atoms with Crippen molar-refractivity contribution in [2.75, 3.05) is 13.2 Å². The molecule has 0 aliphatic heterocycles. The van der Waals surface area contributed by atoms with Crippen LogP contribution in [0, 0.1) is 50.2 Å². The number of aliphatic hydroxyl groups excluding tert-OH is 1. The quantitative estimate of drug-likeness (QED) is 0.262. The first-order chi connectivity index (χ1) is 19.5. The number of hydrogen-bond donors (Lipinski definition) is 1. The normalized spacial score (nSPS) is 45.8. The predicted octanol–water partition coefficient (Wildman–Crippen LogP) is 7.21. The molecule has 5 aliphatic rings. The highest BCUT2D eigenvalue weighted by Crippen LogP contribution is 2.75. The Morgan fingerprint density at radius 3 is 2.31 bits per heavy atom. The number of esters is 2. The van der Waals surface area contributed by atoms with Crippen molar-refractivity contribution >= 4 is 17.7 Å². The van der Waals surface area contributed by atoms with Crippen LogP contribution in [-0.2, 0) is 23.9 Å². The molecule has 9 atom stereocenters. The van der Waals surface area contributed by atoms with Gasteiger partial charge in [0.1, 0.15) is 0 Å². The molecule has 0 aromatic heterocycles. The first kappa shape index (κ1) is 31.7. The van der Waals surface area contributed by atoms with Crippen LogP contribution in [0.25, 0.3) is 0 Å². The van der Waals surface area contributed by atoms with Gasteiger partial charge in [-0.1, -0.05) is 47.1 Å². The molecule has 0 radical (unpaired) electrons. The summed E-state index contributed by atoms with van der Waals surface area (Å²) in [6.07, 6.45) is 10.8. The van der Waals surface area contributed by atoms with Gasteiger partial charge in [0.2, 0.25) is 0 Å². The maximum absolute atomic E-state index is 14.5. The molecule has 0 spiro atoms. The summed E-state index contributed by atoms with van der Waals surface area (Å²) in [5.74, 6) is 0.281. The van der Waals surface area contributed by atoms with E-state index in [0.29, 0.717) is 25.4 Å². The molecule has 4 fully saturated rings. The summed E-state index contributed by atoms with van der Waals surface area (Å²) < 4.78 is 10.8. The molecule has 0 aromatic carbocycles. The lowest BCUT2D eigenvalue weighted by Crippen LogP contribution is -2.66. The summed E-state index contributed by atoms with van der Waals surface area (Å²) >= 11 is 0. The topological polar surface area (TPSA) is 89.9 Å². The van der Waals surface area contributed by atoms with Crippen molar-refractivity contribution in [3.8, 4) is 0 Å². The lowest BCUT2D eigenvalue weighted by molar-refractivity contribution is -0.202. The van der Waals surface area contributed by atoms with Crippen LogP contribution in [0.4, 0.5) is 0 Å². The Morgan fingerprint density at radius 2 is 1.62 bits per heavy atom. The molecule has 0 amide bonds. The second-order valence-corrected chi connectivity index (χ2v) is 16.7. The number of hydrogen-bond acceptors (Lipinski definition) is 6. The molecule has 0 bridgehead atoms. The molecule has 1 N–H and O–H groups in total. The number of ketones is 1. The SMILES string of the molecule is CCOC(=O)CCCOC(=O)[C@@]1(C)CC[C@]2(C)CC[C@]3(C)C(=CC(=O)[C@@H]4[C@@]5(C)CC[C@H](O)C(C)(C)[C@@H]5CC[C@]43C)[C@@H]2C1. The van der Waals surface area contributed by atoms with Crippen LogP contribution in [0.3, 0.4) is 0 Å². The third-order valence-electron chi connectivity index (χ3n) is 14.1. The fourth-order valence-corrected chi connectivity index (χ4v) is 11.1. The number of aliphatic hydroxyl groups is 1. The Balaban J connectivity index is 1.42. The van der Waals surface area contributed by atoms with Crippen molar-refractivity contribution in [1.29, 1.82) is 0 Å². The summed E-state index contributed by atoms with van der Waals surface area (Å²) in [7, 11) is 0. The van der Waals surface area contributed by atoms with E-state index in [9.17, 15) is 19.5 Å². The number of carbonyl (C=O) groups excluding carboxylic acids is 3. The van der Waals surface area contributed by atoms with E-state index in [1.807, 2.05) is 6.92 Å². The predicted molar refractivity (Wildman–Crippen MR) is 162 cm³/mol. The molecule has 6 heteroatoms. The van der Waals surface area contributed by atoms with Gasteiger partial charge < -0.3 is 14.6 Å². The van der Waals surface area contributed by atoms with Crippen LogP contribution in [0.2, 0.25) is 0 Å². The van der Waals surface area contributed by atoms with Gasteiger partial charge in [0.05, 0.1) is 24.7 Å². The maximum Gasteiger partial charge on any atom is 0.311 e. The molecule has 0 aromatic rings. The molecular weight excluding hydrogens is 528 g/mol. The Kier molecular flexibility index (Phi) is 7.89. The summed E-state index contributed by atoms with van der Waals surface area (Å²) in [5.41, 5.74) is 0.155. The van der Waals surface area contributed by atoms with Crippen LogP contribution < -0.4 is 0 Å². The minimum Gasteiger partial charge on any atom is -0.466 e. The van der Waals surface area contributed by atoms with Gasteiger partial charge in [0.25, 0.3) is 0 Å². The van der Waals surface area contributed by atoms with Gasteiger partial charge in [-0.3, -0.25) is 14.4 Å². The van der Waals surface area contributed by atoms with Gasteiger partial charge in [0.15, 0.2) is 5.78 Å². The molecular formula is C36H56O6. The zero-order valence-corrected chi connectivity index (χ0v) is 27.6. The molecule has 236 valence electrons. The zero-order valence-electron chi connectivity index (χ0n) is 27.6. The van der Waals surface area contributed by atoms with E-state index >= 15 is 0 Å². The van der Waals surface area contributed by atoms with E-state index in [1.165, 1.54) is 5.57 Å². The van der Waals surface area contributed by atoms with E-state index in [4.69, 9.17) is 9.47 Å². The Bertz CT molecular complexity index is 1160. The fraction of sp³-hybridized carbons (Fsp3) is 0.861. The largest absolute Gasteiger partial charge is 0.466 e. The second-order valence-electron chi connectivity index (χ2n) is 16.7. The second kappa shape index (κ2) is 10.4. The highest BCUT2D eigenvalue weighted by atomic mass is 16.5. The van der Waals surface area contributed by atoms with Crippen LogP contribution in [-0.4, -0.2) is 42.1 Å². The number of fused-ring (bicyclic) bond motifs is 7. The Labute approximate surface area is 253 Å². The Hall–Kier alpha value is -1.69. The van der Waals surface area contributed by atoms with Crippen molar-refractivity contribution in [1.82, 2.24) is 0 Å². The van der Waals surface area contributed by atoms with Gasteiger partial charge in [-0.2, -0.15) is 0 Å². The molecule has 0 saturated heterocycles. The molecule has 5 aliphatic carbocycles. The van der Waals surface area contributed by atoms with Crippen LogP contribution in [0.1, 0.15) is 126 Å². The van der Waals surface area contributed by atoms with Gasteiger partial charge in [-0.25, -0.2) is 0 Å². The molecule has 42 heavy (non-hydrogen) atoms. The average molecular weight is 585 g/mol. The number of allylic oxidation sites excluding steroid dienone is 2. The van der Waals surface area contributed by atoms with E-state index in [0.717, 1.165) is 51.4 Å². The van der Waals surface area contributed by atoms with Crippen molar-refractivity contribution in [3.63, 3.8) is 0 Å². The summed E-state index contributed by atoms with van der Waals surface area (Å²) in [4.78, 5) is 39.7. The van der Waals surface area contributed by atoms with Crippen LogP contribution in [0.15, 0.2) is 11.6 Å². The van der Waals surface area contributed by atoms with Crippen molar-refractivity contribution < 1.29 is 29.0 Å². The summed E-state index contributed by atoms with van der Waals surface area (Å²) in [6, 6.07) is 0. The van der Waals surface area contributed by atoms with E-state index < -0.39 is 5.41 Å². The molecule has 5 rings (SSSR count). The van der Waals surface area contributed by atoms with E-state index in [1.54, 1.807) is 6.92 Å². The average Bonchev–Trinajstić information content (AvgIpc) is 2.91. The number of ether oxygens (including phenoxy) is 2. The fourth-order valence-electron chi connectivity index (χ4n) is 11.1. The van der Waals surface area contributed by atoms with Crippen molar-refractivity contribution in [3.05, 3.63) is 11.6 Å². The van der Waals surface area contributed by atoms with Gasteiger partial charge in [-0.15, -0.1) is 0 Å². The van der Waals surface area contributed by atoms with Crippen LogP contribution in [0.5, 0.6) is 0 Å². The van der Waals surface area contributed by atoms with E-state index in [-0.39, 0.29) is 75.8 Å². The Morgan fingerprint density at radius 1 is 0.929 bits per heavy atom. The number of rotatable bonds is 6. The number of carbonyl (C=O) groups is 3. The molecule has 4 saturated carbocycles. The monoisotopic (exact) mass is 584 g/mol. The minimum absolute atomic E-state index is 0.0482. The lowest BCUT2D eigenvalue weighted by atomic mass is 9.33. The van der Waals surface area contributed by atoms with Gasteiger partial charge in [-0.05, 0) is 123 Å². The first-order valence-electron chi connectivity index (χ1n) is 16.8. The smallest absolute Gasteiger partial charge is 0.311 e. The van der Waals surface area contributed by atoms with Crippen molar-refractivity contribution in [2.45, 2.75) is 132 Å². The third-order valence-corrected chi connectivity index (χ3v) is 14.1. The van der Waals surface area contributed by atoms with Crippen LogP contribution >= 0.6 is 0 Å². The van der Waals surface area contributed by atoms with E-state index in [2.05, 4.69) is 47.6 Å². The van der Waals surface area contributed by atoms with Crippen molar-refractivity contribution in [2.24, 2.45) is 50.2 Å². The third kappa shape index (κ3) is 4.55. The van der Waals surface area contributed by atoms with Gasteiger partial charge in [0, 0.05) is 12.3 Å². The first-order valence-corrected chi connectivity index (χ1v) is 16.8. The minimum atomic E-state index is -0.610. The highest BCUT2D eigenvalue weighted by Gasteiger charge is 2.70. The zero-order chi connectivity index (χ0) is 30.9. The summed E-state index contributed by atoms with van der Waals surface area (Å²) in [5, 5.41) is 11.0. The summed E-state index contributed by atoms with van der Waals surface area (Å²) in [6.45, 7) is 18.4. The molecule has 6 nitrogen and oxygen atoms in total. The standard InChI is InChI=1S/C36H56O6/c1-9-41-28(39)11-10-20-42-30(40)33(5)17-16-32(4)18-19-35(7)23(24(32)22-33)21-25(37)29-34(6)14-13-27(38)31(2,3)26(34)12-15-36(29,35)8/h21,24,26-27,29,38H,9-20,22H2,1-8H3/t24-,26-,27-,29+,32+,33-,34-,35+,36+/m0/s1. The highest BCUT2D eigenvalue weighted by molar-refractivity contribution is 5.95. The lowest BCUT2D eigenvalue weighted by Gasteiger charge is -2.70.